The Morgan fingerprint density at radius 2 is 1.95 bits per heavy atom. The van der Waals surface area contributed by atoms with Gasteiger partial charge in [0.05, 0.1) is 16.6 Å². The fourth-order valence-electron chi connectivity index (χ4n) is 2.24. The maximum absolute atomic E-state index is 13.9. The largest absolute Gasteiger partial charge is 0.388 e. The maximum atomic E-state index is 13.9. The van der Waals surface area contributed by atoms with Gasteiger partial charge in [0, 0.05) is 19.8 Å². The Balaban J connectivity index is 2.25. The summed E-state index contributed by atoms with van der Waals surface area (Å²) in [4.78, 5) is 4.53. The third-order valence-electron chi connectivity index (χ3n) is 3.28. The number of nitrogens with zero attached hydrogens (tertiary/aromatic N) is 2. The van der Waals surface area contributed by atoms with Crippen LogP contribution in [-0.2, 0) is 7.05 Å². The van der Waals surface area contributed by atoms with Crippen molar-refractivity contribution in [2.75, 3.05) is 12.4 Å². The lowest BCUT2D eigenvalue weighted by molar-refractivity contribution is 0.629. The Kier molecular flexibility index (Phi) is 2.71. The predicted molar refractivity (Wildman–Crippen MR) is 75.7 cm³/mol. The molecule has 1 N–H and O–H groups in total. The van der Waals surface area contributed by atoms with E-state index in [1.807, 2.05) is 42.9 Å². The van der Waals surface area contributed by atoms with Crippen LogP contribution in [0.25, 0.3) is 22.4 Å². The molecule has 0 aliphatic rings. The molecule has 0 saturated carbocycles. The van der Waals surface area contributed by atoms with Gasteiger partial charge in [-0.25, -0.2) is 9.37 Å². The first-order chi connectivity index (χ1) is 9.20. The van der Waals surface area contributed by atoms with Crippen LogP contribution >= 0.6 is 0 Å². The quantitative estimate of drug-likeness (QED) is 0.760. The normalized spacial score (nSPS) is 10.9. The number of nitrogens with one attached hydrogen (secondary N) is 1. The van der Waals surface area contributed by atoms with E-state index in [0.29, 0.717) is 11.4 Å². The fourth-order valence-corrected chi connectivity index (χ4v) is 2.24. The number of aryl methyl sites for hydroxylation is 1. The average Bonchev–Trinajstić information content (AvgIpc) is 2.76. The van der Waals surface area contributed by atoms with Crippen molar-refractivity contribution in [3.05, 3.63) is 48.3 Å². The molecular formula is C15H14FN3. The van der Waals surface area contributed by atoms with E-state index >= 15 is 0 Å². The number of rotatable bonds is 2. The monoisotopic (exact) mass is 255 g/mol. The van der Waals surface area contributed by atoms with Gasteiger partial charge in [-0.05, 0) is 30.3 Å². The number of halogens is 1. The van der Waals surface area contributed by atoms with E-state index in [-0.39, 0.29) is 5.82 Å². The molecule has 0 aliphatic carbocycles. The molecule has 3 aromatic rings. The second kappa shape index (κ2) is 4.39. The summed E-state index contributed by atoms with van der Waals surface area (Å²) in [5, 5.41) is 3.08. The van der Waals surface area contributed by atoms with Gasteiger partial charge in [0.2, 0.25) is 0 Å². The Morgan fingerprint density at radius 1 is 1.16 bits per heavy atom. The molecule has 19 heavy (non-hydrogen) atoms. The van der Waals surface area contributed by atoms with Gasteiger partial charge < -0.3 is 9.88 Å². The minimum atomic E-state index is -0.255. The number of hydrogen-bond acceptors (Lipinski definition) is 2. The lowest BCUT2D eigenvalue weighted by Crippen LogP contribution is -1.94. The van der Waals surface area contributed by atoms with Crippen LogP contribution < -0.4 is 5.32 Å². The van der Waals surface area contributed by atoms with E-state index < -0.39 is 0 Å². The fraction of sp³-hybridized carbons (Fsp3) is 0.133. The highest BCUT2D eigenvalue weighted by atomic mass is 19.1. The molecule has 96 valence electrons. The van der Waals surface area contributed by atoms with Crippen molar-refractivity contribution in [2.45, 2.75) is 0 Å². The van der Waals surface area contributed by atoms with Crippen LogP contribution in [0.3, 0.4) is 0 Å². The number of imidazole rings is 1. The van der Waals surface area contributed by atoms with Gasteiger partial charge in [0.15, 0.2) is 0 Å². The molecular weight excluding hydrogens is 241 g/mol. The van der Waals surface area contributed by atoms with Crippen molar-refractivity contribution in [3.8, 4) is 11.4 Å². The summed E-state index contributed by atoms with van der Waals surface area (Å²) in [6.45, 7) is 0. The van der Waals surface area contributed by atoms with E-state index in [1.54, 1.807) is 12.1 Å². The lowest BCUT2D eigenvalue weighted by atomic mass is 10.2. The van der Waals surface area contributed by atoms with E-state index in [0.717, 1.165) is 16.7 Å². The zero-order valence-corrected chi connectivity index (χ0v) is 10.8. The van der Waals surface area contributed by atoms with Crippen molar-refractivity contribution in [1.82, 2.24) is 9.55 Å². The molecule has 0 atom stereocenters. The maximum Gasteiger partial charge on any atom is 0.143 e. The van der Waals surface area contributed by atoms with Gasteiger partial charge in [-0.3, -0.25) is 0 Å². The zero-order valence-electron chi connectivity index (χ0n) is 10.8. The highest BCUT2D eigenvalue weighted by Gasteiger charge is 2.13. The third kappa shape index (κ3) is 1.85. The molecule has 0 fully saturated rings. The number of aromatic nitrogens is 2. The molecule has 4 heteroatoms. The average molecular weight is 255 g/mol. The first kappa shape index (κ1) is 11.7. The topological polar surface area (TPSA) is 29.9 Å². The van der Waals surface area contributed by atoms with Gasteiger partial charge in [-0.2, -0.15) is 0 Å². The molecule has 0 unspecified atom stereocenters. The van der Waals surface area contributed by atoms with Crippen LogP contribution in [0.15, 0.2) is 42.5 Å². The Hall–Kier alpha value is -2.36. The van der Waals surface area contributed by atoms with E-state index in [4.69, 9.17) is 0 Å². The number of anilines is 1. The smallest absolute Gasteiger partial charge is 0.143 e. The molecule has 0 saturated heterocycles. The number of hydrogen-bond donors (Lipinski definition) is 1. The van der Waals surface area contributed by atoms with Gasteiger partial charge in [0.1, 0.15) is 11.6 Å². The summed E-state index contributed by atoms with van der Waals surface area (Å²) >= 11 is 0. The van der Waals surface area contributed by atoms with Gasteiger partial charge in [0.25, 0.3) is 0 Å². The number of fused-ring (bicyclic) bond motifs is 1. The molecule has 0 amide bonds. The molecule has 3 nitrogen and oxygen atoms in total. The van der Waals surface area contributed by atoms with Gasteiger partial charge in [-0.15, -0.1) is 0 Å². The highest BCUT2D eigenvalue weighted by molar-refractivity contribution is 5.83. The van der Waals surface area contributed by atoms with Gasteiger partial charge >= 0.3 is 0 Å². The van der Waals surface area contributed by atoms with E-state index in [1.165, 1.54) is 6.07 Å². The van der Waals surface area contributed by atoms with Crippen molar-refractivity contribution in [2.24, 2.45) is 7.05 Å². The van der Waals surface area contributed by atoms with Crippen LogP contribution in [0.2, 0.25) is 0 Å². The van der Waals surface area contributed by atoms with E-state index in [2.05, 4.69) is 10.3 Å². The van der Waals surface area contributed by atoms with Crippen molar-refractivity contribution in [1.29, 1.82) is 0 Å². The molecule has 0 bridgehead atoms. The summed E-state index contributed by atoms with van der Waals surface area (Å²) in [5.41, 5.74) is 3.35. The van der Waals surface area contributed by atoms with Crippen LogP contribution in [-0.4, -0.2) is 16.6 Å². The summed E-state index contributed by atoms with van der Waals surface area (Å²) in [5.74, 6) is 0.385. The molecule has 2 aromatic carbocycles. The van der Waals surface area contributed by atoms with Crippen LogP contribution in [0.5, 0.6) is 0 Å². The molecule has 3 rings (SSSR count). The van der Waals surface area contributed by atoms with Crippen LogP contribution in [0, 0.1) is 5.82 Å². The number of benzene rings is 2. The third-order valence-corrected chi connectivity index (χ3v) is 3.28. The summed E-state index contributed by atoms with van der Waals surface area (Å²) in [6.07, 6.45) is 0. The molecule has 0 aliphatic heterocycles. The second-order valence-corrected chi connectivity index (χ2v) is 4.43. The lowest BCUT2D eigenvalue weighted by Gasteiger charge is -2.03. The summed E-state index contributed by atoms with van der Waals surface area (Å²) < 4.78 is 15.8. The minimum absolute atomic E-state index is 0.255. The summed E-state index contributed by atoms with van der Waals surface area (Å²) in [6, 6.07) is 12.6. The predicted octanol–water partition coefficient (Wildman–Crippen LogP) is 3.42. The highest BCUT2D eigenvalue weighted by Crippen LogP contribution is 2.27. The molecule has 1 heterocycles. The standard InChI is InChI=1S/C15H14FN3/c1-17-10-7-8-14-13(9-10)18-15(19(14)2)11-5-3-4-6-12(11)16/h3-9,17H,1-2H3. The zero-order chi connectivity index (χ0) is 13.4. The minimum Gasteiger partial charge on any atom is -0.388 e. The SMILES string of the molecule is CNc1ccc2c(c1)nc(-c1ccccc1F)n2C. The van der Waals surface area contributed by atoms with E-state index in [9.17, 15) is 4.39 Å². The van der Waals surface area contributed by atoms with Crippen molar-refractivity contribution >= 4 is 16.7 Å². The second-order valence-electron chi connectivity index (χ2n) is 4.43. The Morgan fingerprint density at radius 3 is 2.68 bits per heavy atom. The Labute approximate surface area is 110 Å². The molecule has 0 spiro atoms. The summed E-state index contributed by atoms with van der Waals surface area (Å²) in [7, 11) is 3.76. The first-order valence-electron chi connectivity index (χ1n) is 6.10. The Bertz CT molecular complexity index is 746. The van der Waals surface area contributed by atoms with Gasteiger partial charge in [-0.1, -0.05) is 12.1 Å². The van der Waals surface area contributed by atoms with Crippen molar-refractivity contribution in [3.63, 3.8) is 0 Å². The first-order valence-corrected chi connectivity index (χ1v) is 6.10. The molecule has 0 radical (unpaired) electrons. The van der Waals surface area contributed by atoms with Crippen LogP contribution in [0.4, 0.5) is 10.1 Å². The van der Waals surface area contributed by atoms with Crippen molar-refractivity contribution < 1.29 is 4.39 Å². The molecule has 1 aromatic heterocycles. The van der Waals surface area contributed by atoms with Crippen LogP contribution in [0.1, 0.15) is 0 Å².